The van der Waals surface area contributed by atoms with Gasteiger partial charge in [0.2, 0.25) is 0 Å². The molecule has 0 unspecified atom stereocenters. The minimum Gasteiger partial charge on any atom is -0.465 e. The number of carbonyl (C=O) groups is 1. The second-order valence-electron chi connectivity index (χ2n) is 5.82. The van der Waals surface area contributed by atoms with Crippen LogP contribution in [0.2, 0.25) is 0 Å². The molecule has 3 aromatic rings. The van der Waals surface area contributed by atoms with E-state index >= 15 is 0 Å². The van der Waals surface area contributed by atoms with Crippen LogP contribution in [0, 0.1) is 13.8 Å². The third-order valence-corrected chi connectivity index (χ3v) is 4.09. The predicted molar refractivity (Wildman–Crippen MR) is 100 cm³/mol. The van der Waals surface area contributed by atoms with Crippen molar-refractivity contribution in [1.82, 2.24) is 4.57 Å². The highest BCUT2D eigenvalue weighted by Gasteiger charge is 2.08. The van der Waals surface area contributed by atoms with Crippen molar-refractivity contribution < 1.29 is 9.53 Å². The lowest BCUT2D eigenvalue weighted by Gasteiger charge is -2.09. The predicted octanol–water partition coefficient (Wildman–Crippen LogP) is 4.63. The first kappa shape index (κ1) is 16.7. The van der Waals surface area contributed by atoms with E-state index in [2.05, 4.69) is 34.7 Å². The number of esters is 1. The largest absolute Gasteiger partial charge is 0.465 e. The number of aromatic nitrogens is 1. The Morgan fingerprint density at radius 2 is 1.80 bits per heavy atom. The van der Waals surface area contributed by atoms with E-state index in [9.17, 15) is 4.79 Å². The lowest BCUT2D eigenvalue weighted by atomic mass is 10.1. The van der Waals surface area contributed by atoms with Gasteiger partial charge < -0.3 is 9.30 Å². The molecule has 0 fully saturated rings. The monoisotopic (exact) mass is 332 g/mol. The highest BCUT2D eigenvalue weighted by atomic mass is 16.5. The molecule has 0 aliphatic carbocycles. The summed E-state index contributed by atoms with van der Waals surface area (Å²) >= 11 is 0. The molecule has 0 bridgehead atoms. The van der Waals surface area contributed by atoms with Crippen LogP contribution in [0.15, 0.2) is 65.7 Å². The van der Waals surface area contributed by atoms with Gasteiger partial charge in [-0.25, -0.2) is 4.79 Å². The average Bonchev–Trinajstić information content (AvgIpc) is 3.01. The number of aryl methyl sites for hydroxylation is 2. The Labute approximate surface area is 147 Å². The van der Waals surface area contributed by atoms with Gasteiger partial charge in [0.15, 0.2) is 0 Å². The Hall–Kier alpha value is -3.14. The van der Waals surface area contributed by atoms with Crippen LogP contribution in [0.4, 0.5) is 5.69 Å². The third kappa shape index (κ3) is 3.53. The zero-order valence-corrected chi connectivity index (χ0v) is 14.6. The van der Waals surface area contributed by atoms with Crippen molar-refractivity contribution in [1.29, 1.82) is 0 Å². The highest BCUT2D eigenvalue weighted by Crippen LogP contribution is 2.22. The molecule has 3 rings (SSSR count). The number of rotatable bonds is 4. The summed E-state index contributed by atoms with van der Waals surface area (Å²) in [5.74, 6) is -0.361. The molecule has 0 spiro atoms. The van der Waals surface area contributed by atoms with Gasteiger partial charge in [0.1, 0.15) is 0 Å². The molecule has 126 valence electrons. The maximum absolute atomic E-state index is 11.7. The van der Waals surface area contributed by atoms with Crippen molar-refractivity contribution >= 4 is 17.9 Å². The molecule has 4 heteroatoms. The van der Waals surface area contributed by atoms with Crippen molar-refractivity contribution in [3.63, 3.8) is 0 Å². The van der Waals surface area contributed by atoms with E-state index in [1.165, 1.54) is 7.11 Å². The number of benzene rings is 2. The maximum atomic E-state index is 11.7. The smallest absolute Gasteiger partial charge is 0.337 e. The van der Waals surface area contributed by atoms with Gasteiger partial charge in [0, 0.05) is 11.4 Å². The average molecular weight is 332 g/mol. The van der Waals surface area contributed by atoms with Gasteiger partial charge in [-0.3, -0.25) is 4.99 Å². The van der Waals surface area contributed by atoms with E-state index in [0.717, 1.165) is 28.3 Å². The van der Waals surface area contributed by atoms with Gasteiger partial charge in [0.05, 0.1) is 30.3 Å². The van der Waals surface area contributed by atoms with Gasteiger partial charge in [-0.05, 0) is 55.8 Å². The first-order valence-electron chi connectivity index (χ1n) is 8.07. The van der Waals surface area contributed by atoms with Crippen molar-refractivity contribution in [2.75, 3.05) is 7.11 Å². The Bertz CT molecular complexity index is 924. The Kier molecular flexibility index (Phi) is 4.80. The lowest BCUT2D eigenvalue weighted by Crippen LogP contribution is -2.02. The minimum atomic E-state index is -0.361. The molecule has 0 saturated heterocycles. The van der Waals surface area contributed by atoms with Gasteiger partial charge in [0.25, 0.3) is 0 Å². The molecule has 4 nitrogen and oxygen atoms in total. The highest BCUT2D eigenvalue weighted by molar-refractivity contribution is 5.91. The van der Waals surface area contributed by atoms with Crippen LogP contribution in [0.5, 0.6) is 0 Å². The molecule has 0 aliphatic heterocycles. The summed E-state index contributed by atoms with van der Waals surface area (Å²) in [5, 5.41) is 0. The Balaban J connectivity index is 1.98. The summed E-state index contributed by atoms with van der Waals surface area (Å²) in [5.41, 5.74) is 5.44. The summed E-state index contributed by atoms with van der Waals surface area (Å²) in [6, 6.07) is 19.6. The van der Waals surface area contributed by atoms with Crippen LogP contribution in [0.25, 0.3) is 5.69 Å². The number of nitrogens with zero attached hydrogens (tertiary/aromatic N) is 2. The molecular weight excluding hydrogens is 312 g/mol. The summed E-state index contributed by atoms with van der Waals surface area (Å²) in [4.78, 5) is 16.3. The molecule has 0 saturated carbocycles. The summed E-state index contributed by atoms with van der Waals surface area (Å²) < 4.78 is 6.92. The molecule has 2 aromatic carbocycles. The van der Waals surface area contributed by atoms with E-state index in [4.69, 9.17) is 4.74 Å². The van der Waals surface area contributed by atoms with E-state index in [1.54, 1.807) is 12.1 Å². The molecule has 0 amide bonds. The zero-order chi connectivity index (χ0) is 17.8. The molecule has 0 radical (unpaired) electrons. The second kappa shape index (κ2) is 7.18. The number of hydrogen-bond acceptors (Lipinski definition) is 3. The van der Waals surface area contributed by atoms with Crippen LogP contribution in [-0.4, -0.2) is 23.9 Å². The van der Waals surface area contributed by atoms with Gasteiger partial charge in [-0.1, -0.05) is 24.3 Å². The summed E-state index contributed by atoms with van der Waals surface area (Å²) in [7, 11) is 1.38. The van der Waals surface area contributed by atoms with E-state index in [1.807, 2.05) is 43.5 Å². The minimum absolute atomic E-state index is 0.361. The van der Waals surface area contributed by atoms with Crippen LogP contribution in [-0.2, 0) is 4.74 Å². The number of hydrogen-bond donors (Lipinski definition) is 0. The summed E-state index contributed by atoms with van der Waals surface area (Å²) in [6.07, 6.45) is 1.82. The topological polar surface area (TPSA) is 43.6 Å². The van der Waals surface area contributed by atoms with E-state index < -0.39 is 0 Å². The number of methoxy groups -OCH3 is 1. The maximum Gasteiger partial charge on any atom is 0.337 e. The fourth-order valence-corrected chi connectivity index (χ4v) is 2.72. The van der Waals surface area contributed by atoms with Crippen molar-refractivity contribution in [3.8, 4) is 5.69 Å². The Morgan fingerprint density at radius 3 is 2.52 bits per heavy atom. The number of ether oxygens (including phenoxy) is 1. The fraction of sp³-hybridized carbons (Fsp3) is 0.143. The van der Waals surface area contributed by atoms with Crippen molar-refractivity contribution in [2.45, 2.75) is 13.8 Å². The van der Waals surface area contributed by atoms with Crippen LogP contribution < -0.4 is 0 Å². The summed E-state index contributed by atoms with van der Waals surface area (Å²) in [6.45, 7) is 4.03. The fourth-order valence-electron chi connectivity index (χ4n) is 2.72. The standard InChI is InChI=1S/C21H20N2O2/c1-15-9-11-17(21(24)25-3)13-20(15)22-14-19-12-10-16(2)23(19)18-7-5-4-6-8-18/h4-14H,1-3H3. The molecule has 1 heterocycles. The van der Waals surface area contributed by atoms with Crippen LogP contribution in [0.3, 0.4) is 0 Å². The SMILES string of the molecule is COC(=O)c1ccc(C)c(N=Cc2ccc(C)n2-c2ccccc2)c1. The first-order valence-corrected chi connectivity index (χ1v) is 8.07. The molecule has 1 aromatic heterocycles. The molecule has 0 N–H and O–H groups in total. The quantitative estimate of drug-likeness (QED) is 0.516. The van der Waals surface area contributed by atoms with Gasteiger partial charge >= 0.3 is 5.97 Å². The lowest BCUT2D eigenvalue weighted by molar-refractivity contribution is 0.0601. The Morgan fingerprint density at radius 1 is 1.04 bits per heavy atom. The molecule has 25 heavy (non-hydrogen) atoms. The zero-order valence-electron chi connectivity index (χ0n) is 14.6. The van der Waals surface area contributed by atoms with E-state index in [-0.39, 0.29) is 5.97 Å². The van der Waals surface area contributed by atoms with Crippen LogP contribution >= 0.6 is 0 Å². The first-order chi connectivity index (χ1) is 12.1. The number of carbonyl (C=O) groups excluding carboxylic acids is 1. The van der Waals surface area contributed by atoms with Gasteiger partial charge in [-0.15, -0.1) is 0 Å². The third-order valence-electron chi connectivity index (χ3n) is 4.09. The normalized spacial score (nSPS) is 11.0. The van der Waals surface area contributed by atoms with Crippen LogP contribution in [0.1, 0.15) is 27.3 Å². The molecular formula is C21H20N2O2. The van der Waals surface area contributed by atoms with Crippen molar-refractivity contribution in [3.05, 3.63) is 83.2 Å². The second-order valence-corrected chi connectivity index (χ2v) is 5.82. The van der Waals surface area contributed by atoms with E-state index in [0.29, 0.717) is 5.56 Å². The number of para-hydroxylation sites is 1. The molecule has 0 atom stereocenters. The van der Waals surface area contributed by atoms with Crippen molar-refractivity contribution in [2.24, 2.45) is 4.99 Å². The number of aliphatic imine (C=N–C) groups is 1. The van der Waals surface area contributed by atoms with Gasteiger partial charge in [-0.2, -0.15) is 0 Å². The molecule has 0 aliphatic rings.